The number of rotatable bonds is 13. The Bertz CT molecular complexity index is 1270. The van der Waals surface area contributed by atoms with Gasteiger partial charge >= 0.3 is 5.97 Å². The molecule has 0 aromatic heterocycles. The summed E-state index contributed by atoms with van der Waals surface area (Å²) in [5, 5.41) is 12.6. The van der Waals surface area contributed by atoms with Gasteiger partial charge in [0.05, 0.1) is 23.4 Å². The van der Waals surface area contributed by atoms with E-state index < -0.39 is 11.9 Å². The summed E-state index contributed by atoms with van der Waals surface area (Å²) in [5.74, 6) is -0.576. The number of carbonyl (C=O) groups excluding carboxylic acids is 1. The van der Waals surface area contributed by atoms with Crippen molar-refractivity contribution in [2.24, 2.45) is 0 Å². The highest BCUT2D eigenvalue weighted by Crippen LogP contribution is 2.29. The van der Waals surface area contributed by atoms with Crippen molar-refractivity contribution in [2.75, 3.05) is 57.8 Å². The van der Waals surface area contributed by atoms with Crippen molar-refractivity contribution in [3.8, 4) is 22.6 Å². The molecule has 8 heteroatoms. The number of likely N-dealkylation sites (N-methyl/N-ethyl adjacent to an activating group) is 1. The summed E-state index contributed by atoms with van der Waals surface area (Å²) in [5.41, 5.74) is 2.25. The van der Waals surface area contributed by atoms with Crippen molar-refractivity contribution in [3.05, 3.63) is 77.9 Å². The van der Waals surface area contributed by atoms with E-state index in [9.17, 15) is 14.7 Å². The van der Waals surface area contributed by atoms with Crippen molar-refractivity contribution >= 4 is 17.6 Å². The number of ether oxygens (including phenoxy) is 2. The molecule has 0 saturated carbocycles. The molecule has 0 spiro atoms. The van der Waals surface area contributed by atoms with Crippen LogP contribution in [0.1, 0.15) is 47.4 Å². The van der Waals surface area contributed by atoms with Gasteiger partial charge in [0.2, 0.25) is 0 Å². The van der Waals surface area contributed by atoms with E-state index in [4.69, 9.17) is 9.47 Å². The number of carboxylic acids is 1. The van der Waals surface area contributed by atoms with Gasteiger partial charge in [-0.3, -0.25) is 9.69 Å². The Morgan fingerprint density at radius 2 is 1.57 bits per heavy atom. The molecule has 8 nitrogen and oxygen atoms in total. The molecule has 3 aromatic rings. The number of amides is 1. The smallest absolute Gasteiger partial charge is 0.337 e. The second-order valence-corrected chi connectivity index (χ2v) is 9.87. The van der Waals surface area contributed by atoms with Crippen LogP contribution in [0, 0.1) is 0 Å². The molecule has 212 valence electrons. The third-order valence-corrected chi connectivity index (χ3v) is 7.14. The van der Waals surface area contributed by atoms with Gasteiger partial charge in [-0.05, 0) is 54.4 Å². The average molecular weight is 546 g/mol. The van der Waals surface area contributed by atoms with Gasteiger partial charge in [0, 0.05) is 32.7 Å². The number of unbranched alkanes of at least 4 members (excludes halogenated alkanes) is 1. The first-order valence-electron chi connectivity index (χ1n) is 14.1. The maximum atomic E-state index is 13.6. The average Bonchev–Trinajstić information content (AvgIpc) is 2.98. The van der Waals surface area contributed by atoms with E-state index in [1.165, 1.54) is 6.07 Å². The number of nitrogens with zero attached hydrogens (tertiary/aromatic N) is 2. The molecule has 40 heavy (non-hydrogen) atoms. The van der Waals surface area contributed by atoms with Crippen molar-refractivity contribution in [1.82, 2.24) is 9.80 Å². The van der Waals surface area contributed by atoms with Gasteiger partial charge in [-0.2, -0.15) is 0 Å². The molecular weight excluding hydrogens is 506 g/mol. The van der Waals surface area contributed by atoms with Crippen LogP contribution in [-0.4, -0.2) is 79.3 Å². The fourth-order valence-corrected chi connectivity index (χ4v) is 4.68. The Hall–Kier alpha value is -3.88. The van der Waals surface area contributed by atoms with Crippen molar-refractivity contribution in [1.29, 1.82) is 0 Å². The standard InChI is InChI=1S/C32H39N3O5/c1-3-5-20-40-30-14-12-26(39-21-19-35-17-15-34(4-2)16-18-35)23-28(30)31(36)33-29-22-25(11-13-27(29)32(37)38)24-9-7-6-8-10-24/h6-14,22-23H,3-5,15-21H2,1-2H3,(H,33,36)(H,37,38). The number of anilines is 1. The molecule has 1 saturated heterocycles. The Kier molecular flexibility index (Phi) is 10.5. The van der Waals surface area contributed by atoms with E-state index in [0.29, 0.717) is 30.3 Å². The van der Waals surface area contributed by atoms with Crippen LogP contribution in [-0.2, 0) is 0 Å². The van der Waals surface area contributed by atoms with E-state index in [0.717, 1.165) is 63.2 Å². The minimum Gasteiger partial charge on any atom is -0.493 e. The Morgan fingerprint density at radius 3 is 2.27 bits per heavy atom. The zero-order valence-corrected chi connectivity index (χ0v) is 23.4. The molecule has 4 rings (SSSR count). The lowest BCUT2D eigenvalue weighted by Crippen LogP contribution is -2.47. The largest absolute Gasteiger partial charge is 0.493 e. The van der Waals surface area contributed by atoms with E-state index in [1.54, 1.807) is 24.3 Å². The lowest BCUT2D eigenvalue weighted by atomic mass is 10.0. The summed E-state index contributed by atoms with van der Waals surface area (Å²) in [6, 6.07) is 19.8. The highest BCUT2D eigenvalue weighted by molar-refractivity contribution is 6.09. The van der Waals surface area contributed by atoms with E-state index in [-0.39, 0.29) is 11.3 Å². The molecule has 2 N–H and O–H groups in total. The highest BCUT2D eigenvalue weighted by atomic mass is 16.5. The predicted molar refractivity (Wildman–Crippen MR) is 158 cm³/mol. The van der Waals surface area contributed by atoms with Gasteiger partial charge in [-0.25, -0.2) is 4.79 Å². The van der Waals surface area contributed by atoms with Gasteiger partial charge in [0.25, 0.3) is 5.91 Å². The summed E-state index contributed by atoms with van der Waals surface area (Å²) in [7, 11) is 0. The first-order valence-corrected chi connectivity index (χ1v) is 14.1. The summed E-state index contributed by atoms with van der Waals surface area (Å²) < 4.78 is 12.0. The third-order valence-electron chi connectivity index (χ3n) is 7.14. The quantitative estimate of drug-likeness (QED) is 0.274. The van der Waals surface area contributed by atoms with Crippen LogP contribution in [0.15, 0.2) is 66.7 Å². The first-order chi connectivity index (χ1) is 19.5. The van der Waals surface area contributed by atoms with E-state index in [1.807, 2.05) is 36.4 Å². The lowest BCUT2D eigenvalue weighted by molar-refractivity contribution is 0.0698. The van der Waals surface area contributed by atoms with Gasteiger partial charge in [0.15, 0.2) is 0 Å². The number of benzene rings is 3. The number of piperazine rings is 1. The van der Waals surface area contributed by atoms with E-state index in [2.05, 4.69) is 29.0 Å². The van der Waals surface area contributed by atoms with Crippen molar-refractivity contribution < 1.29 is 24.2 Å². The molecule has 0 unspecified atom stereocenters. The monoisotopic (exact) mass is 545 g/mol. The van der Waals surface area contributed by atoms with Crippen LogP contribution in [0.5, 0.6) is 11.5 Å². The Balaban J connectivity index is 1.52. The molecule has 3 aromatic carbocycles. The first kappa shape index (κ1) is 29.1. The van der Waals surface area contributed by atoms with Crippen LogP contribution in [0.25, 0.3) is 11.1 Å². The minimum absolute atomic E-state index is 0.0112. The summed E-state index contributed by atoms with van der Waals surface area (Å²) in [6.07, 6.45) is 1.82. The number of aromatic carboxylic acids is 1. The Labute approximate surface area is 236 Å². The van der Waals surface area contributed by atoms with Crippen molar-refractivity contribution in [3.63, 3.8) is 0 Å². The van der Waals surface area contributed by atoms with Crippen LogP contribution < -0.4 is 14.8 Å². The highest BCUT2D eigenvalue weighted by Gasteiger charge is 2.20. The fourth-order valence-electron chi connectivity index (χ4n) is 4.68. The van der Waals surface area contributed by atoms with Crippen LogP contribution in [0.3, 0.4) is 0 Å². The molecule has 1 amide bonds. The van der Waals surface area contributed by atoms with Crippen LogP contribution in [0.2, 0.25) is 0 Å². The van der Waals surface area contributed by atoms with Gasteiger partial charge in [-0.1, -0.05) is 56.7 Å². The zero-order valence-electron chi connectivity index (χ0n) is 23.4. The molecule has 0 radical (unpaired) electrons. The number of hydrogen-bond donors (Lipinski definition) is 2. The number of hydrogen-bond acceptors (Lipinski definition) is 6. The Morgan fingerprint density at radius 1 is 0.825 bits per heavy atom. The fraction of sp³-hybridized carbons (Fsp3) is 0.375. The summed E-state index contributed by atoms with van der Waals surface area (Å²) in [6.45, 7) is 11.3. The maximum Gasteiger partial charge on any atom is 0.337 e. The third kappa shape index (κ3) is 7.83. The van der Waals surface area contributed by atoms with E-state index >= 15 is 0 Å². The lowest BCUT2D eigenvalue weighted by Gasteiger charge is -2.33. The molecule has 1 aliphatic heterocycles. The molecule has 1 fully saturated rings. The van der Waals surface area contributed by atoms with Crippen LogP contribution >= 0.6 is 0 Å². The number of carbonyl (C=O) groups is 2. The molecule has 0 aliphatic carbocycles. The van der Waals surface area contributed by atoms with Gasteiger partial charge in [-0.15, -0.1) is 0 Å². The molecule has 0 atom stereocenters. The molecular formula is C32H39N3O5. The summed E-state index contributed by atoms with van der Waals surface area (Å²) in [4.78, 5) is 30.4. The zero-order chi connectivity index (χ0) is 28.3. The number of carboxylic acid groups (broad SMARTS) is 1. The second-order valence-electron chi connectivity index (χ2n) is 9.87. The maximum absolute atomic E-state index is 13.6. The van der Waals surface area contributed by atoms with Crippen LogP contribution in [0.4, 0.5) is 5.69 Å². The SMILES string of the molecule is CCCCOc1ccc(OCCN2CCN(CC)CC2)cc1C(=O)Nc1cc(-c2ccccc2)ccc1C(=O)O. The normalized spacial score (nSPS) is 14.1. The number of nitrogens with one attached hydrogen (secondary N) is 1. The van der Waals surface area contributed by atoms with Crippen molar-refractivity contribution in [2.45, 2.75) is 26.7 Å². The minimum atomic E-state index is -1.12. The molecule has 1 aliphatic rings. The molecule has 1 heterocycles. The second kappa shape index (κ2) is 14.5. The summed E-state index contributed by atoms with van der Waals surface area (Å²) >= 11 is 0. The topological polar surface area (TPSA) is 91.3 Å². The molecule has 0 bridgehead atoms. The van der Waals surface area contributed by atoms with Gasteiger partial charge < -0.3 is 24.8 Å². The van der Waals surface area contributed by atoms with Gasteiger partial charge in [0.1, 0.15) is 18.1 Å². The predicted octanol–water partition coefficient (Wildman–Crippen LogP) is 5.50.